The number of hydrogen-bond donors (Lipinski definition) is 1. The monoisotopic (exact) mass is 339 g/mol. The van der Waals surface area contributed by atoms with Crippen LogP contribution in [0.4, 0.5) is 0 Å². The minimum atomic E-state index is 0.0685. The maximum absolute atomic E-state index is 12.2. The van der Waals surface area contributed by atoms with Gasteiger partial charge in [-0.3, -0.25) is 9.48 Å². The molecule has 3 rings (SSSR count). The van der Waals surface area contributed by atoms with Crippen LogP contribution < -0.4 is 5.32 Å². The van der Waals surface area contributed by atoms with Gasteiger partial charge in [-0.2, -0.15) is 5.10 Å². The van der Waals surface area contributed by atoms with Gasteiger partial charge in [-0.1, -0.05) is 6.42 Å². The molecule has 1 aromatic rings. The molecule has 1 heterocycles. The van der Waals surface area contributed by atoms with Crippen LogP contribution in [0.25, 0.3) is 0 Å². The van der Waals surface area contributed by atoms with Crippen LogP contribution in [-0.2, 0) is 11.3 Å². The Bertz CT molecular complexity index is 513. The van der Waals surface area contributed by atoms with Crippen LogP contribution in [-0.4, -0.2) is 21.7 Å². The fourth-order valence-corrected chi connectivity index (χ4v) is 4.33. The summed E-state index contributed by atoms with van der Waals surface area (Å²) in [5, 5.41) is 7.38. The van der Waals surface area contributed by atoms with Crippen molar-refractivity contribution in [3.05, 3.63) is 16.4 Å². The molecule has 20 heavy (non-hydrogen) atoms. The molecule has 2 bridgehead atoms. The molecule has 1 amide bonds. The Morgan fingerprint density at radius 2 is 2.35 bits per heavy atom. The molecule has 0 aromatic carbocycles. The van der Waals surface area contributed by atoms with E-state index in [-0.39, 0.29) is 11.9 Å². The van der Waals surface area contributed by atoms with Crippen LogP contribution in [0.2, 0.25) is 0 Å². The highest BCUT2D eigenvalue weighted by Gasteiger charge is 2.42. The third-order valence-electron chi connectivity index (χ3n) is 5.16. The Labute approximate surface area is 128 Å². The van der Waals surface area contributed by atoms with Crippen molar-refractivity contribution < 1.29 is 4.79 Å². The Hall–Kier alpha value is -0.840. The Balaban J connectivity index is 1.55. The number of fused-ring (bicyclic) bond motifs is 2. The van der Waals surface area contributed by atoms with Gasteiger partial charge in [0.05, 0.1) is 16.4 Å². The quantitative estimate of drug-likeness (QED) is 0.916. The highest BCUT2D eigenvalue weighted by molar-refractivity contribution is 9.10. The Morgan fingerprint density at radius 3 is 2.90 bits per heavy atom. The first-order valence-corrected chi connectivity index (χ1v) is 8.31. The van der Waals surface area contributed by atoms with E-state index in [0.717, 1.165) is 22.0 Å². The highest BCUT2D eigenvalue weighted by Crippen LogP contribution is 2.49. The standard InChI is InChI=1S/C15H22BrN3O/c1-9(13-6-11-3-4-12(13)5-11)18-15(20)8-19-10(2)14(16)7-17-19/h7,9,11-13H,3-6,8H2,1-2H3,(H,18,20)/t9-,11-,12-,13+/m1/s1. The van der Waals surface area contributed by atoms with Crippen LogP contribution in [0, 0.1) is 24.7 Å². The van der Waals surface area contributed by atoms with Crippen molar-refractivity contribution in [3.8, 4) is 0 Å². The average Bonchev–Trinajstić information content (AvgIpc) is 3.10. The van der Waals surface area contributed by atoms with Crippen LogP contribution in [0.5, 0.6) is 0 Å². The molecular formula is C15H22BrN3O. The van der Waals surface area contributed by atoms with Crippen molar-refractivity contribution >= 4 is 21.8 Å². The van der Waals surface area contributed by atoms with E-state index in [1.165, 1.54) is 25.7 Å². The third kappa shape index (κ3) is 2.65. The van der Waals surface area contributed by atoms with Crippen molar-refractivity contribution in [1.82, 2.24) is 15.1 Å². The molecule has 2 saturated carbocycles. The predicted molar refractivity (Wildman–Crippen MR) is 81.2 cm³/mol. The number of amides is 1. The summed E-state index contributed by atoms with van der Waals surface area (Å²) < 4.78 is 2.69. The normalized spacial score (nSPS) is 29.6. The number of nitrogens with one attached hydrogen (secondary N) is 1. The summed E-state index contributed by atoms with van der Waals surface area (Å²) in [6, 6.07) is 0.289. The molecule has 1 N–H and O–H groups in total. The molecular weight excluding hydrogens is 318 g/mol. The number of carbonyl (C=O) groups is 1. The number of carbonyl (C=O) groups excluding carboxylic acids is 1. The van der Waals surface area contributed by atoms with Gasteiger partial charge in [0.1, 0.15) is 6.54 Å². The van der Waals surface area contributed by atoms with Crippen LogP contribution in [0.1, 0.15) is 38.3 Å². The molecule has 0 saturated heterocycles. The lowest BCUT2D eigenvalue weighted by atomic mass is 9.84. The molecule has 4 nitrogen and oxygen atoms in total. The Kier molecular flexibility index (Phi) is 3.89. The van der Waals surface area contributed by atoms with E-state index in [1.54, 1.807) is 10.9 Å². The zero-order valence-electron chi connectivity index (χ0n) is 12.1. The molecule has 110 valence electrons. The van der Waals surface area contributed by atoms with Crippen LogP contribution in [0.3, 0.4) is 0 Å². The van der Waals surface area contributed by atoms with Gasteiger partial charge in [-0.25, -0.2) is 0 Å². The van der Waals surface area contributed by atoms with Gasteiger partial charge >= 0.3 is 0 Å². The molecule has 2 aliphatic rings. The largest absolute Gasteiger partial charge is 0.352 e. The van der Waals surface area contributed by atoms with Gasteiger partial charge in [0.15, 0.2) is 0 Å². The van der Waals surface area contributed by atoms with E-state index in [1.807, 2.05) is 6.92 Å². The minimum Gasteiger partial charge on any atom is -0.352 e. The lowest BCUT2D eigenvalue weighted by Gasteiger charge is -2.28. The van der Waals surface area contributed by atoms with Crippen LogP contribution >= 0.6 is 15.9 Å². The second kappa shape index (κ2) is 5.51. The summed E-state index contributed by atoms with van der Waals surface area (Å²) in [5.74, 6) is 2.52. The molecule has 5 heteroatoms. The summed E-state index contributed by atoms with van der Waals surface area (Å²) in [7, 11) is 0. The van der Waals surface area contributed by atoms with Gasteiger partial charge in [-0.15, -0.1) is 0 Å². The molecule has 0 unspecified atom stereocenters. The van der Waals surface area contributed by atoms with Gasteiger partial charge in [0.2, 0.25) is 5.91 Å². The maximum Gasteiger partial charge on any atom is 0.241 e. The summed E-state index contributed by atoms with van der Waals surface area (Å²) in [4.78, 5) is 12.2. The minimum absolute atomic E-state index is 0.0685. The lowest BCUT2D eigenvalue weighted by molar-refractivity contribution is -0.123. The summed E-state index contributed by atoms with van der Waals surface area (Å²) in [5.41, 5.74) is 0.993. The molecule has 1 aromatic heterocycles. The second-order valence-electron chi connectivity index (χ2n) is 6.43. The molecule has 4 atom stereocenters. The first kappa shape index (κ1) is 14.1. The maximum atomic E-state index is 12.2. The first-order chi connectivity index (χ1) is 9.54. The molecule has 2 fully saturated rings. The van der Waals surface area contributed by atoms with Crippen LogP contribution in [0.15, 0.2) is 10.7 Å². The zero-order valence-corrected chi connectivity index (χ0v) is 13.7. The fourth-order valence-electron chi connectivity index (χ4n) is 4.03. The highest BCUT2D eigenvalue weighted by atomic mass is 79.9. The molecule has 0 aliphatic heterocycles. The number of aromatic nitrogens is 2. The average molecular weight is 340 g/mol. The summed E-state index contributed by atoms with van der Waals surface area (Å²) in [6.45, 7) is 4.43. The number of rotatable bonds is 4. The predicted octanol–water partition coefficient (Wildman–Crippen LogP) is 2.89. The van der Waals surface area contributed by atoms with Gasteiger partial charge in [-0.05, 0) is 66.8 Å². The van der Waals surface area contributed by atoms with Gasteiger partial charge < -0.3 is 5.32 Å². The Morgan fingerprint density at radius 1 is 1.55 bits per heavy atom. The number of nitrogens with zero attached hydrogens (tertiary/aromatic N) is 2. The van der Waals surface area contributed by atoms with Crippen molar-refractivity contribution in [2.24, 2.45) is 17.8 Å². The molecule has 0 spiro atoms. The summed E-state index contributed by atoms with van der Waals surface area (Å²) >= 11 is 3.42. The van der Waals surface area contributed by atoms with E-state index in [4.69, 9.17) is 0 Å². The topological polar surface area (TPSA) is 46.9 Å². The SMILES string of the molecule is Cc1c(Br)cnn1CC(=O)N[C@H](C)[C@@H]1C[C@@H]2CC[C@@H]1C2. The van der Waals surface area contributed by atoms with Crippen molar-refractivity contribution in [1.29, 1.82) is 0 Å². The molecule has 0 radical (unpaired) electrons. The van der Waals surface area contributed by atoms with E-state index in [9.17, 15) is 4.79 Å². The number of halogens is 1. The molecule has 2 aliphatic carbocycles. The first-order valence-electron chi connectivity index (χ1n) is 7.52. The van der Waals surface area contributed by atoms with E-state index >= 15 is 0 Å². The van der Waals surface area contributed by atoms with Gasteiger partial charge in [0, 0.05) is 6.04 Å². The van der Waals surface area contributed by atoms with Gasteiger partial charge in [0.25, 0.3) is 0 Å². The lowest BCUT2D eigenvalue weighted by Crippen LogP contribution is -2.41. The number of hydrogen-bond acceptors (Lipinski definition) is 2. The second-order valence-corrected chi connectivity index (χ2v) is 7.28. The van der Waals surface area contributed by atoms with E-state index in [2.05, 4.69) is 33.3 Å². The zero-order chi connectivity index (χ0) is 14.3. The summed E-state index contributed by atoms with van der Waals surface area (Å²) in [6.07, 6.45) is 7.19. The fraction of sp³-hybridized carbons (Fsp3) is 0.733. The van der Waals surface area contributed by atoms with E-state index in [0.29, 0.717) is 12.5 Å². The van der Waals surface area contributed by atoms with Crippen molar-refractivity contribution in [2.75, 3.05) is 0 Å². The smallest absolute Gasteiger partial charge is 0.241 e. The van der Waals surface area contributed by atoms with E-state index < -0.39 is 0 Å². The van der Waals surface area contributed by atoms with Crippen molar-refractivity contribution in [3.63, 3.8) is 0 Å². The van der Waals surface area contributed by atoms with Crippen molar-refractivity contribution in [2.45, 2.75) is 52.1 Å². The third-order valence-corrected chi connectivity index (χ3v) is 5.94.